The number of hydrogen-bond acceptors (Lipinski definition) is 7. The molecule has 2 saturated heterocycles. The first kappa shape index (κ1) is 40.0. The lowest BCUT2D eigenvalue weighted by atomic mass is 9.98. The first-order chi connectivity index (χ1) is 29.0. The van der Waals surface area contributed by atoms with Crippen LogP contribution in [0.3, 0.4) is 0 Å². The van der Waals surface area contributed by atoms with Crippen molar-refractivity contribution in [1.82, 2.24) is 40.0 Å². The standard InChI is InChI=1S/C47H49N9O4/c1-28(2)41(53-47(59)60)45(57)56-27-29(24-48)21-40(56)44-50-26-38(52-44)36-19-18-34-22-33(16-17-35(34)23-36)30-12-14-31(15-13-30)37-25-49-43(51-37)39-11-8-20-55(39)46(58)42(54(3)4)32-9-6-5-7-10-32/h5-7,9-10,12-19,22-23,25-26,28-29,39-42,53H,8,11,20-21,27H2,1-4H3,(H,49,51)(H,50,52)(H,59,60). The first-order valence-electron chi connectivity index (χ1n) is 20.4. The van der Waals surface area contributed by atoms with E-state index in [-0.39, 0.29) is 42.3 Å². The molecule has 4 N–H and O–H groups in total. The smallest absolute Gasteiger partial charge is 0.405 e. The van der Waals surface area contributed by atoms with Crippen LogP contribution in [0.1, 0.15) is 68.4 Å². The average molecular weight is 804 g/mol. The van der Waals surface area contributed by atoms with Gasteiger partial charge in [-0.1, -0.05) is 92.7 Å². The van der Waals surface area contributed by atoms with Crippen molar-refractivity contribution in [3.63, 3.8) is 0 Å². The van der Waals surface area contributed by atoms with E-state index in [2.05, 4.69) is 80.9 Å². The number of imidazole rings is 2. The Kier molecular flexibility index (Phi) is 11.2. The van der Waals surface area contributed by atoms with Crippen LogP contribution in [0.15, 0.2) is 103 Å². The highest BCUT2D eigenvalue weighted by Crippen LogP contribution is 2.38. The van der Waals surface area contributed by atoms with Crippen molar-refractivity contribution in [2.45, 2.75) is 57.3 Å². The largest absolute Gasteiger partial charge is 0.465 e. The fraction of sp³-hybridized carbons (Fsp3) is 0.319. The molecule has 0 aliphatic carbocycles. The van der Waals surface area contributed by atoms with Gasteiger partial charge in [-0.3, -0.25) is 14.5 Å². The van der Waals surface area contributed by atoms with Crippen molar-refractivity contribution >= 4 is 28.7 Å². The number of likely N-dealkylation sites (N-methyl/N-ethyl adjacent to an activating group) is 1. The quantitative estimate of drug-likeness (QED) is 0.102. The molecule has 3 amide bonds. The third-order valence-corrected chi connectivity index (χ3v) is 11.9. The normalized spacial score (nSPS) is 18.9. The number of hydrogen-bond donors (Lipinski definition) is 4. The van der Waals surface area contributed by atoms with Crippen LogP contribution < -0.4 is 5.32 Å². The molecule has 2 aromatic heterocycles. The molecule has 60 heavy (non-hydrogen) atoms. The molecule has 0 radical (unpaired) electrons. The minimum Gasteiger partial charge on any atom is -0.465 e. The van der Waals surface area contributed by atoms with Gasteiger partial charge in [-0.05, 0) is 84.4 Å². The van der Waals surface area contributed by atoms with Crippen molar-refractivity contribution < 1.29 is 19.5 Å². The summed E-state index contributed by atoms with van der Waals surface area (Å²) in [5, 5.41) is 23.6. The Labute approximate surface area is 349 Å². The summed E-state index contributed by atoms with van der Waals surface area (Å²) in [5.41, 5.74) is 6.77. The highest BCUT2D eigenvalue weighted by molar-refractivity contribution is 5.91. The maximum atomic E-state index is 13.9. The number of carbonyl (C=O) groups is 3. The summed E-state index contributed by atoms with van der Waals surface area (Å²) < 4.78 is 0. The summed E-state index contributed by atoms with van der Waals surface area (Å²) in [5.74, 6) is 0.433. The topological polar surface area (TPSA) is 174 Å². The van der Waals surface area contributed by atoms with Gasteiger partial charge >= 0.3 is 6.09 Å². The summed E-state index contributed by atoms with van der Waals surface area (Å²) in [6.45, 7) is 4.49. The van der Waals surface area contributed by atoms with Crippen LogP contribution in [0.5, 0.6) is 0 Å². The van der Waals surface area contributed by atoms with Gasteiger partial charge in [-0.2, -0.15) is 5.26 Å². The number of aromatic nitrogens is 4. The average Bonchev–Trinajstić information content (AvgIpc) is 4.09. The SMILES string of the molecule is CC(C)C(NC(=O)O)C(=O)N1CC(C#N)CC1c1ncc(-c2ccc3cc(-c4ccc(-c5cnc(C6CCCN6C(=O)C(c6ccccc6)N(C)C)[nH]5)cc4)ccc3c2)[nH]1. The van der Waals surface area contributed by atoms with Crippen LogP contribution in [0.4, 0.5) is 4.79 Å². The summed E-state index contributed by atoms with van der Waals surface area (Å²) in [7, 11) is 3.89. The number of rotatable bonds is 11. The van der Waals surface area contributed by atoms with Gasteiger partial charge in [0.2, 0.25) is 11.8 Å². The van der Waals surface area contributed by atoms with Gasteiger partial charge in [0.25, 0.3) is 0 Å². The molecule has 0 bridgehead atoms. The number of nitrogens with one attached hydrogen (secondary N) is 3. The highest BCUT2D eigenvalue weighted by atomic mass is 16.4. The second-order valence-corrected chi connectivity index (χ2v) is 16.4. The van der Waals surface area contributed by atoms with E-state index in [0.717, 1.165) is 68.6 Å². The third-order valence-electron chi connectivity index (χ3n) is 11.9. The number of H-pyrrole nitrogens is 2. The van der Waals surface area contributed by atoms with Crippen LogP contribution in [-0.2, 0) is 9.59 Å². The summed E-state index contributed by atoms with van der Waals surface area (Å²) in [4.78, 5) is 60.8. The minimum absolute atomic E-state index is 0.0870. The summed E-state index contributed by atoms with van der Waals surface area (Å²) >= 11 is 0. The molecule has 306 valence electrons. The lowest BCUT2D eigenvalue weighted by Gasteiger charge is -2.31. The van der Waals surface area contributed by atoms with Crippen LogP contribution in [0.25, 0.3) is 44.4 Å². The second-order valence-electron chi connectivity index (χ2n) is 16.4. The Morgan fingerprint density at radius 2 is 1.40 bits per heavy atom. The Balaban J connectivity index is 0.959. The van der Waals surface area contributed by atoms with Crippen molar-refractivity contribution in [2.75, 3.05) is 27.2 Å². The zero-order valence-corrected chi connectivity index (χ0v) is 34.2. The predicted molar refractivity (Wildman–Crippen MR) is 229 cm³/mol. The number of aromatic amines is 2. The summed E-state index contributed by atoms with van der Waals surface area (Å²) in [6.07, 6.45) is 4.52. The predicted octanol–water partition coefficient (Wildman–Crippen LogP) is 7.96. The number of nitriles is 1. The second kappa shape index (κ2) is 16.8. The van der Waals surface area contributed by atoms with Crippen molar-refractivity contribution in [3.05, 3.63) is 121 Å². The van der Waals surface area contributed by atoms with Crippen LogP contribution in [-0.4, -0.2) is 90.9 Å². The molecule has 2 aliphatic rings. The molecular formula is C47H49N9O4. The molecule has 2 aliphatic heterocycles. The number of amides is 3. The molecule has 6 aromatic rings. The van der Waals surface area contributed by atoms with Gasteiger partial charge in [0.1, 0.15) is 23.7 Å². The van der Waals surface area contributed by atoms with Crippen LogP contribution in [0.2, 0.25) is 0 Å². The molecule has 8 rings (SSSR count). The minimum atomic E-state index is -1.27. The number of carboxylic acid groups (broad SMARTS) is 1. The zero-order valence-electron chi connectivity index (χ0n) is 34.2. The lowest BCUT2D eigenvalue weighted by Crippen LogP contribution is -2.50. The molecule has 0 spiro atoms. The lowest BCUT2D eigenvalue weighted by molar-refractivity contribution is -0.137. The zero-order chi connectivity index (χ0) is 42.1. The van der Waals surface area contributed by atoms with Gasteiger partial charge in [-0.25, -0.2) is 14.8 Å². The molecule has 2 fully saturated rings. The van der Waals surface area contributed by atoms with Gasteiger partial charge in [0.15, 0.2) is 0 Å². The fourth-order valence-electron chi connectivity index (χ4n) is 8.77. The van der Waals surface area contributed by atoms with Crippen molar-refractivity contribution in [2.24, 2.45) is 11.8 Å². The molecule has 4 aromatic carbocycles. The van der Waals surface area contributed by atoms with Crippen molar-refractivity contribution in [1.29, 1.82) is 5.26 Å². The number of nitrogens with zero attached hydrogens (tertiary/aromatic N) is 6. The Hall–Kier alpha value is -6.78. The van der Waals surface area contributed by atoms with E-state index in [9.17, 15) is 24.8 Å². The van der Waals surface area contributed by atoms with E-state index in [4.69, 9.17) is 4.98 Å². The molecular weight excluding hydrogens is 755 g/mol. The van der Waals surface area contributed by atoms with Crippen molar-refractivity contribution in [3.8, 4) is 39.7 Å². The fourth-order valence-corrected chi connectivity index (χ4v) is 8.77. The number of benzene rings is 4. The van der Waals surface area contributed by atoms with Gasteiger partial charge in [-0.15, -0.1) is 0 Å². The Morgan fingerprint density at radius 1 is 0.800 bits per heavy atom. The molecule has 5 unspecified atom stereocenters. The first-order valence-corrected chi connectivity index (χ1v) is 20.4. The molecule has 13 nitrogen and oxygen atoms in total. The van der Waals surface area contributed by atoms with E-state index < -0.39 is 18.2 Å². The van der Waals surface area contributed by atoms with Crippen LogP contribution >= 0.6 is 0 Å². The van der Waals surface area contributed by atoms with E-state index in [1.54, 1.807) is 24.9 Å². The molecule has 13 heteroatoms. The van der Waals surface area contributed by atoms with Gasteiger partial charge < -0.3 is 30.2 Å². The van der Waals surface area contributed by atoms with E-state index in [0.29, 0.717) is 18.8 Å². The summed E-state index contributed by atoms with van der Waals surface area (Å²) in [6, 6.07) is 31.3. The number of fused-ring (bicyclic) bond motifs is 1. The van der Waals surface area contributed by atoms with E-state index in [1.165, 1.54) is 0 Å². The highest BCUT2D eigenvalue weighted by Gasteiger charge is 2.42. The van der Waals surface area contributed by atoms with Gasteiger partial charge in [0, 0.05) is 18.7 Å². The van der Waals surface area contributed by atoms with Crippen LogP contribution in [0, 0.1) is 23.2 Å². The Morgan fingerprint density at radius 3 is 2.03 bits per heavy atom. The third kappa shape index (κ3) is 7.98. The monoisotopic (exact) mass is 803 g/mol. The van der Waals surface area contributed by atoms with Gasteiger partial charge in [0.05, 0.1) is 47.9 Å². The van der Waals surface area contributed by atoms with E-state index >= 15 is 0 Å². The molecule has 4 heterocycles. The van der Waals surface area contributed by atoms with E-state index in [1.807, 2.05) is 66.5 Å². The number of likely N-dealkylation sites (tertiary alicyclic amines) is 2. The Bertz CT molecular complexity index is 2560. The molecule has 5 atom stereocenters. The maximum absolute atomic E-state index is 13.9. The molecule has 0 saturated carbocycles. The number of carbonyl (C=O) groups excluding carboxylic acids is 2. The maximum Gasteiger partial charge on any atom is 0.405 e.